The van der Waals surface area contributed by atoms with Gasteiger partial charge in [-0.25, -0.2) is 0 Å². The smallest absolute Gasteiger partial charge is 0.220 e. The quantitative estimate of drug-likeness (QED) is 0.680. The van der Waals surface area contributed by atoms with Crippen LogP contribution in [0, 0.1) is 5.92 Å². The van der Waals surface area contributed by atoms with Gasteiger partial charge in [-0.3, -0.25) is 4.79 Å². The van der Waals surface area contributed by atoms with Crippen molar-refractivity contribution in [1.29, 1.82) is 0 Å². The summed E-state index contributed by atoms with van der Waals surface area (Å²) in [6, 6.07) is 5.66. The number of nitrogens with one attached hydrogen (secondary N) is 2. The van der Waals surface area contributed by atoms with Gasteiger partial charge in [0.15, 0.2) is 11.5 Å². The average molecular weight is 345 g/mol. The lowest BCUT2D eigenvalue weighted by molar-refractivity contribution is -0.121. The number of benzene rings is 1. The molecule has 2 rings (SSSR count). The summed E-state index contributed by atoms with van der Waals surface area (Å²) in [7, 11) is 3.19. The summed E-state index contributed by atoms with van der Waals surface area (Å²) in [4.78, 5) is 11.9. The molecule has 2 atom stereocenters. The number of ether oxygens (including phenoxy) is 2. The van der Waals surface area contributed by atoms with Gasteiger partial charge in [0, 0.05) is 32.0 Å². The van der Waals surface area contributed by atoms with Crippen LogP contribution in [0.4, 0.5) is 0 Å². The topological polar surface area (TPSA) is 79.8 Å². The SMILES string of the molecule is COc1ccc(CCC(=O)NCC2CNCC2O)cc1OC.Cl. The highest BCUT2D eigenvalue weighted by Gasteiger charge is 2.24. The molecule has 0 saturated carbocycles. The van der Waals surface area contributed by atoms with E-state index in [2.05, 4.69) is 10.6 Å². The van der Waals surface area contributed by atoms with Crippen molar-refractivity contribution in [3.8, 4) is 11.5 Å². The fourth-order valence-electron chi connectivity index (χ4n) is 2.55. The van der Waals surface area contributed by atoms with E-state index in [9.17, 15) is 9.90 Å². The number of aryl methyl sites for hydroxylation is 1. The Kier molecular flexibility index (Phi) is 8.16. The van der Waals surface area contributed by atoms with Crippen LogP contribution < -0.4 is 20.1 Å². The molecule has 1 aromatic rings. The average Bonchev–Trinajstić information content (AvgIpc) is 2.95. The zero-order valence-corrected chi connectivity index (χ0v) is 14.3. The molecule has 0 spiro atoms. The lowest BCUT2D eigenvalue weighted by atomic mass is 10.1. The Morgan fingerprint density at radius 1 is 1.30 bits per heavy atom. The summed E-state index contributed by atoms with van der Waals surface area (Å²) < 4.78 is 10.4. The van der Waals surface area contributed by atoms with Crippen molar-refractivity contribution in [3.05, 3.63) is 23.8 Å². The van der Waals surface area contributed by atoms with Crippen LogP contribution in [0.25, 0.3) is 0 Å². The maximum Gasteiger partial charge on any atom is 0.220 e. The van der Waals surface area contributed by atoms with E-state index in [1.807, 2.05) is 18.2 Å². The first-order valence-electron chi connectivity index (χ1n) is 7.50. The van der Waals surface area contributed by atoms with Gasteiger partial charge < -0.3 is 25.2 Å². The number of halogens is 1. The van der Waals surface area contributed by atoms with E-state index in [4.69, 9.17) is 9.47 Å². The van der Waals surface area contributed by atoms with Gasteiger partial charge in [-0.2, -0.15) is 0 Å². The molecule has 1 aliphatic heterocycles. The highest BCUT2D eigenvalue weighted by molar-refractivity contribution is 5.85. The fraction of sp³-hybridized carbons (Fsp3) is 0.562. The van der Waals surface area contributed by atoms with Crippen molar-refractivity contribution < 1.29 is 19.4 Å². The maximum absolute atomic E-state index is 11.9. The van der Waals surface area contributed by atoms with Gasteiger partial charge in [-0.05, 0) is 24.1 Å². The first-order valence-corrected chi connectivity index (χ1v) is 7.50. The van der Waals surface area contributed by atoms with Crippen molar-refractivity contribution in [2.75, 3.05) is 33.9 Å². The van der Waals surface area contributed by atoms with Gasteiger partial charge >= 0.3 is 0 Å². The number of carbonyl (C=O) groups is 1. The van der Waals surface area contributed by atoms with Crippen LogP contribution in [0.3, 0.4) is 0 Å². The molecule has 0 radical (unpaired) electrons. The fourth-order valence-corrected chi connectivity index (χ4v) is 2.55. The van der Waals surface area contributed by atoms with E-state index in [1.54, 1.807) is 14.2 Å². The summed E-state index contributed by atoms with van der Waals surface area (Å²) in [5, 5.41) is 15.7. The van der Waals surface area contributed by atoms with Crippen LogP contribution in [0.1, 0.15) is 12.0 Å². The van der Waals surface area contributed by atoms with E-state index < -0.39 is 0 Å². The normalized spacial score (nSPS) is 19.8. The van der Waals surface area contributed by atoms with Crippen molar-refractivity contribution in [1.82, 2.24) is 10.6 Å². The van der Waals surface area contributed by atoms with Crippen molar-refractivity contribution in [2.24, 2.45) is 5.92 Å². The molecule has 1 aliphatic rings. The Labute approximate surface area is 143 Å². The molecule has 7 heteroatoms. The van der Waals surface area contributed by atoms with Crippen LogP contribution in [0.2, 0.25) is 0 Å². The summed E-state index contributed by atoms with van der Waals surface area (Å²) in [6.07, 6.45) is 0.676. The molecule has 0 aromatic heterocycles. The Balaban J connectivity index is 0.00000264. The third-order valence-electron chi connectivity index (χ3n) is 3.95. The number of amides is 1. The Bertz CT molecular complexity index is 513. The maximum atomic E-state index is 11.9. The summed E-state index contributed by atoms with van der Waals surface area (Å²) in [5.74, 6) is 1.44. The molecule has 0 aliphatic carbocycles. The highest BCUT2D eigenvalue weighted by Crippen LogP contribution is 2.27. The van der Waals surface area contributed by atoms with E-state index in [0.29, 0.717) is 37.4 Å². The molecule has 130 valence electrons. The lowest BCUT2D eigenvalue weighted by Crippen LogP contribution is -2.34. The number of rotatable bonds is 7. The van der Waals surface area contributed by atoms with Crippen molar-refractivity contribution in [2.45, 2.75) is 18.9 Å². The molecule has 0 bridgehead atoms. The van der Waals surface area contributed by atoms with Gasteiger partial charge in [-0.1, -0.05) is 6.07 Å². The number of hydrogen-bond donors (Lipinski definition) is 3. The summed E-state index contributed by atoms with van der Waals surface area (Å²) >= 11 is 0. The molecule has 1 aromatic carbocycles. The minimum Gasteiger partial charge on any atom is -0.493 e. The summed E-state index contributed by atoms with van der Waals surface area (Å²) in [6.45, 7) is 1.86. The van der Waals surface area contributed by atoms with E-state index in [-0.39, 0.29) is 30.3 Å². The molecule has 1 saturated heterocycles. The van der Waals surface area contributed by atoms with E-state index in [1.165, 1.54) is 0 Å². The third kappa shape index (κ3) is 5.57. The van der Waals surface area contributed by atoms with Crippen LogP contribution in [0.15, 0.2) is 18.2 Å². The molecular formula is C16H25ClN2O4. The second-order valence-corrected chi connectivity index (χ2v) is 5.48. The predicted molar refractivity (Wildman–Crippen MR) is 90.5 cm³/mol. The molecule has 1 heterocycles. The second kappa shape index (κ2) is 9.60. The highest BCUT2D eigenvalue weighted by atomic mass is 35.5. The zero-order chi connectivity index (χ0) is 15.9. The number of aliphatic hydroxyl groups excluding tert-OH is 1. The largest absolute Gasteiger partial charge is 0.493 e. The first-order chi connectivity index (χ1) is 10.6. The summed E-state index contributed by atoms with van der Waals surface area (Å²) in [5.41, 5.74) is 1.02. The van der Waals surface area contributed by atoms with Crippen molar-refractivity contribution >= 4 is 18.3 Å². The van der Waals surface area contributed by atoms with Crippen LogP contribution in [0.5, 0.6) is 11.5 Å². The Morgan fingerprint density at radius 2 is 2.04 bits per heavy atom. The zero-order valence-electron chi connectivity index (χ0n) is 13.5. The van der Waals surface area contributed by atoms with Crippen LogP contribution in [-0.2, 0) is 11.2 Å². The lowest BCUT2D eigenvalue weighted by Gasteiger charge is -2.14. The van der Waals surface area contributed by atoms with Crippen molar-refractivity contribution in [3.63, 3.8) is 0 Å². The van der Waals surface area contributed by atoms with Gasteiger partial charge in [-0.15, -0.1) is 12.4 Å². The van der Waals surface area contributed by atoms with Gasteiger partial charge in [0.2, 0.25) is 5.91 Å². The monoisotopic (exact) mass is 344 g/mol. The molecule has 6 nitrogen and oxygen atoms in total. The van der Waals surface area contributed by atoms with E-state index in [0.717, 1.165) is 12.1 Å². The second-order valence-electron chi connectivity index (χ2n) is 5.48. The van der Waals surface area contributed by atoms with Gasteiger partial charge in [0.25, 0.3) is 0 Å². The number of aliphatic hydroxyl groups is 1. The van der Waals surface area contributed by atoms with Crippen LogP contribution in [-0.4, -0.2) is 51.0 Å². The minimum atomic E-state index is -0.369. The molecule has 2 unspecified atom stereocenters. The Morgan fingerprint density at radius 3 is 2.65 bits per heavy atom. The number of hydrogen-bond acceptors (Lipinski definition) is 5. The number of methoxy groups -OCH3 is 2. The van der Waals surface area contributed by atoms with Crippen LogP contribution >= 0.6 is 12.4 Å². The van der Waals surface area contributed by atoms with E-state index >= 15 is 0 Å². The first kappa shape index (κ1) is 19.5. The molecule has 1 fully saturated rings. The molecule has 23 heavy (non-hydrogen) atoms. The minimum absolute atomic E-state index is 0. The molecular weight excluding hydrogens is 320 g/mol. The predicted octanol–water partition coefficient (Wildman–Crippen LogP) is 0.755. The number of β-amino-alcohol motifs (C(OH)–C–C–N with tert-alkyl or cyclic N) is 1. The van der Waals surface area contributed by atoms with Gasteiger partial charge in [0.05, 0.1) is 20.3 Å². The molecule has 3 N–H and O–H groups in total. The Hall–Kier alpha value is -1.50. The third-order valence-corrected chi connectivity index (χ3v) is 3.95. The standard InChI is InChI=1S/C16H24N2O4.ClH/c1-21-14-5-3-11(7-15(14)22-2)4-6-16(20)18-9-12-8-17-10-13(12)19;/h3,5,7,12-13,17,19H,4,6,8-10H2,1-2H3,(H,18,20);1H. The number of carbonyl (C=O) groups excluding carboxylic acids is 1. The van der Waals surface area contributed by atoms with Gasteiger partial charge in [0.1, 0.15) is 0 Å². The molecule has 1 amide bonds.